The van der Waals surface area contributed by atoms with Gasteiger partial charge in [0.1, 0.15) is 5.75 Å². The minimum atomic E-state index is 0.188. The lowest BCUT2D eigenvalue weighted by Gasteiger charge is -2.15. The van der Waals surface area contributed by atoms with Gasteiger partial charge in [-0.05, 0) is 43.2 Å². The molecule has 2 atom stereocenters. The van der Waals surface area contributed by atoms with Gasteiger partial charge in [0.05, 0.1) is 7.11 Å². The average molecular weight is 261 g/mol. The topological polar surface area (TPSA) is 38.3 Å². The molecule has 1 aromatic carbocycles. The van der Waals surface area contributed by atoms with Crippen molar-refractivity contribution in [2.45, 2.75) is 51.0 Å². The molecule has 0 spiro atoms. The molecular formula is C16H23NO2. The highest BCUT2D eigenvalue weighted by molar-refractivity contribution is 5.76. The number of methoxy groups -OCH3 is 1. The van der Waals surface area contributed by atoms with Crippen LogP contribution in [0.25, 0.3) is 0 Å². The molecule has 3 heteroatoms. The maximum atomic E-state index is 11.6. The van der Waals surface area contributed by atoms with Crippen LogP contribution in [-0.2, 0) is 4.79 Å². The van der Waals surface area contributed by atoms with E-state index >= 15 is 0 Å². The summed E-state index contributed by atoms with van der Waals surface area (Å²) in [5.41, 5.74) is 1.28. The third-order valence-corrected chi connectivity index (χ3v) is 3.85. The highest BCUT2D eigenvalue weighted by atomic mass is 16.5. The van der Waals surface area contributed by atoms with Crippen LogP contribution in [-0.4, -0.2) is 19.1 Å². The minimum Gasteiger partial charge on any atom is -0.496 e. The van der Waals surface area contributed by atoms with Gasteiger partial charge in [-0.1, -0.05) is 25.1 Å². The summed E-state index contributed by atoms with van der Waals surface area (Å²) in [5, 5.41) is 3.14. The molecule has 104 valence electrons. The van der Waals surface area contributed by atoms with Crippen molar-refractivity contribution in [2.75, 3.05) is 7.11 Å². The maximum Gasteiger partial charge on any atom is 0.220 e. The van der Waals surface area contributed by atoms with Crippen molar-refractivity contribution in [2.24, 2.45) is 0 Å². The van der Waals surface area contributed by atoms with Crippen LogP contribution in [0.5, 0.6) is 5.75 Å². The highest BCUT2D eigenvalue weighted by Gasteiger charge is 2.28. The standard InChI is InChI=1S/C16H23NO2/c1-3-6-16(18)17-13-10-9-12(11-13)14-7-4-5-8-15(14)19-2/h4-5,7-8,12-13H,3,6,9-11H2,1-2H3,(H,17,18). The van der Waals surface area contributed by atoms with Crippen LogP contribution in [0.2, 0.25) is 0 Å². The smallest absolute Gasteiger partial charge is 0.220 e. The van der Waals surface area contributed by atoms with E-state index in [0.717, 1.165) is 31.4 Å². The van der Waals surface area contributed by atoms with Crippen molar-refractivity contribution >= 4 is 5.91 Å². The Morgan fingerprint density at radius 3 is 2.89 bits per heavy atom. The van der Waals surface area contributed by atoms with Gasteiger partial charge < -0.3 is 10.1 Å². The van der Waals surface area contributed by atoms with E-state index in [2.05, 4.69) is 17.4 Å². The van der Waals surface area contributed by atoms with E-state index in [0.29, 0.717) is 18.4 Å². The highest BCUT2D eigenvalue weighted by Crippen LogP contribution is 2.38. The van der Waals surface area contributed by atoms with Gasteiger partial charge in [0.2, 0.25) is 5.91 Å². The molecular weight excluding hydrogens is 238 g/mol. The number of para-hydroxylation sites is 1. The Bertz CT molecular complexity index is 431. The second kappa shape index (κ2) is 6.60. The van der Waals surface area contributed by atoms with Crippen molar-refractivity contribution in [3.63, 3.8) is 0 Å². The van der Waals surface area contributed by atoms with Crippen LogP contribution in [0.4, 0.5) is 0 Å². The monoisotopic (exact) mass is 261 g/mol. The summed E-state index contributed by atoms with van der Waals surface area (Å²) in [6.45, 7) is 2.03. The van der Waals surface area contributed by atoms with E-state index in [1.165, 1.54) is 5.56 Å². The number of amides is 1. The van der Waals surface area contributed by atoms with E-state index in [1.807, 2.05) is 19.1 Å². The molecule has 19 heavy (non-hydrogen) atoms. The molecule has 0 aliphatic heterocycles. The van der Waals surface area contributed by atoms with E-state index < -0.39 is 0 Å². The lowest BCUT2D eigenvalue weighted by Crippen LogP contribution is -2.32. The van der Waals surface area contributed by atoms with Crippen molar-refractivity contribution in [1.29, 1.82) is 0 Å². The van der Waals surface area contributed by atoms with E-state index in [1.54, 1.807) is 7.11 Å². The summed E-state index contributed by atoms with van der Waals surface area (Å²) in [6.07, 6.45) is 4.76. The number of nitrogens with one attached hydrogen (secondary N) is 1. The fourth-order valence-electron chi connectivity index (χ4n) is 2.93. The molecule has 0 saturated heterocycles. The van der Waals surface area contributed by atoms with Crippen LogP contribution in [0, 0.1) is 0 Å². The lowest BCUT2D eigenvalue weighted by atomic mass is 9.96. The van der Waals surface area contributed by atoms with Gasteiger partial charge in [0.25, 0.3) is 0 Å². The SMILES string of the molecule is CCCC(=O)NC1CCC(c2ccccc2OC)C1. The third-order valence-electron chi connectivity index (χ3n) is 3.85. The first kappa shape index (κ1) is 13.9. The summed E-state index contributed by atoms with van der Waals surface area (Å²) in [6, 6.07) is 8.53. The van der Waals surface area contributed by atoms with Crippen LogP contribution >= 0.6 is 0 Å². The summed E-state index contributed by atoms with van der Waals surface area (Å²) in [5.74, 6) is 1.66. The van der Waals surface area contributed by atoms with Crippen molar-refractivity contribution in [1.82, 2.24) is 5.32 Å². The Morgan fingerprint density at radius 2 is 2.16 bits per heavy atom. The predicted molar refractivity (Wildman–Crippen MR) is 76.4 cm³/mol. The summed E-state index contributed by atoms with van der Waals surface area (Å²) >= 11 is 0. The third kappa shape index (κ3) is 3.49. The molecule has 1 aliphatic rings. The molecule has 3 nitrogen and oxygen atoms in total. The minimum absolute atomic E-state index is 0.188. The zero-order valence-corrected chi connectivity index (χ0v) is 11.8. The summed E-state index contributed by atoms with van der Waals surface area (Å²) in [7, 11) is 1.72. The Labute approximate surface area is 115 Å². The molecule has 1 amide bonds. The Hall–Kier alpha value is -1.51. The lowest BCUT2D eigenvalue weighted by molar-refractivity contribution is -0.121. The fraction of sp³-hybridized carbons (Fsp3) is 0.562. The van der Waals surface area contributed by atoms with Gasteiger partial charge in [-0.3, -0.25) is 4.79 Å². The predicted octanol–water partition coefficient (Wildman–Crippen LogP) is 3.25. The molecule has 0 heterocycles. The molecule has 0 radical (unpaired) electrons. The molecule has 1 saturated carbocycles. The first-order valence-corrected chi connectivity index (χ1v) is 7.16. The van der Waals surface area contributed by atoms with Crippen molar-refractivity contribution in [3.05, 3.63) is 29.8 Å². The van der Waals surface area contributed by atoms with Crippen molar-refractivity contribution < 1.29 is 9.53 Å². The van der Waals surface area contributed by atoms with Crippen LogP contribution < -0.4 is 10.1 Å². The quantitative estimate of drug-likeness (QED) is 0.883. The van der Waals surface area contributed by atoms with Gasteiger partial charge >= 0.3 is 0 Å². The zero-order valence-electron chi connectivity index (χ0n) is 11.8. The molecule has 1 aliphatic carbocycles. The molecule has 2 rings (SSSR count). The molecule has 2 unspecified atom stereocenters. The van der Waals surface area contributed by atoms with E-state index in [9.17, 15) is 4.79 Å². The van der Waals surface area contributed by atoms with Gasteiger partial charge in [-0.15, -0.1) is 0 Å². The van der Waals surface area contributed by atoms with Crippen molar-refractivity contribution in [3.8, 4) is 5.75 Å². The number of ether oxygens (including phenoxy) is 1. The number of hydrogen-bond acceptors (Lipinski definition) is 2. The molecule has 1 fully saturated rings. The first-order chi connectivity index (χ1) is 9.24. The first-order valence-electron chi connectivity index (χ1n) is 7.16. The number of carbonyl (C=O) groups excluding carboxylic acids is 1. The summed E-state index contributed by atoms with van der Waals surface area (Å²) in [4.78, 5) is 11.6. The fourth-order valence-corrected chi connectivity index (χ4v) is 2.93. The van der Waals surface area contributed by atoms with E-state index in [-0.39, 0.29) is 5.91 Å². The Morgan fingerprint density at radius 1 is 1.37 bits per heavy atom. The number of hydrogen-bond donors (Lipinski definition) is 1. The number of benzene rings is 1. The largest absolute Gasteiger partial charge is 0.496 e. The normalized spacial score (nSPS) is 22.2. The van der Waals surface area contributed by atoms with Gasteiger partial charge in [-0.25, -0.2) is 0 Å². The average Bonchev–Trinajstić information content (AvgIpc) is 2.87. The summed E-state index contributed by atoms with van der Waals surface area (Å²) < 4.78 is 5.43. The van der Waals surface area contributed by atoms with Crippen LogP contribution in [0.1, 0.15) is 50.5 Å². The van der Waals surface area contributed by atoms with Crippen LogP contribution in [0.3, 0.4) is 0 Å². The Kier molecular flexibility index (Phi) is 4.83. The van der Waals surface area contributed by atoms with Gasteiger partial charge in [-0.2, -0.15) is 0 Å². The van der Waals surface area contributed by atoms with Gasteiger partial charge in [0, 0.05) is 12.5 Å². The second-order valence-electron chi connectivity index (χ2n) is 5.27. The zero-order chi connectivity index (χ0) is 13.7. The maximum absolute atomic E-state index is 11.6. The number of carbonyl (C=O) groups is 1. The number of rotatable bonds is 5. The van der Waals surface area contributed by atoms with E-state index in [4.69, 9.17) is 4.74 Å². The molecule has 0 aromatic heterocycles. The molecule has 0 bridgehead atoms. The molecule has 1 aromatic rings. The van der Waals surface area contributed by atoms with Crippen LogP contribution in [0.15, 0.2) is 24.3 Å². The Balaban J connectivity index is 1.96. The van der Waals surface area contributed by atoms with Gasteiger partial charge in [0.15, 0.2) is 0 Å². The second-order valence-corrected chi connectivity index (χ2v) is 5.27. The molecule has 1 N–H and O–H groups in total.